The number of sulfone groups is 1. The van der Waals surface area contributed by atoms with Crippen molar-refractivity contribution in [1.82, 2.24) is 20.4 Å². The highest BCUT2D eigenvalue weighted by Gasteiger charge is 2.29. The van der Waals surface area contributed by atoms with Gasteiger partial charge in [0.25, 0.3) is 5.22 Å². The van der Waals surface area contributed by atoms with Crippen molar-refractivity contribution in [2.75, 3.05) is 31.4 Å². The number of thioether (sulfide) groups is 1. The van der Waals surface area contributed by atoms with Crippen LogP contribution in [0.3, 0.4) is 0 Å². The molecular formula is C13H22N4O4S2. The van der Waals surface area contributed by atoms with Gasteiger partial charge in [-0.25, -0.2) is 8.42 Å². The normalized spacial score (nSPS) is 21.5. The first-order chi connectivity index (χ1) is 10.8. The fourth-order valence-electron chi connectivity index (χ4n) is 2.48. The van der Waals surface area contributed by atoms with E-state index in [0.717, 1.165) is 18.2 Å². The number of carbonyl (C=O) groups excluding carboxylic acids is 1. The molecule has 2 atom stereocenters. The van der Waals surface area contributed by atoms with Crippen LogP contribution in [-0.4, -0.2) is 66.8 Å². The van der Waals surface area contributed by atoms with Crippen LogP contribution in [-0.2, 0) is 14.6 Å². The zero-order chi connectivity index (χ0) is 17.0. The maximum Gasteiger partial charge on any atom is 0.277 e. The second-order valence-corrected chi connectivity index (χ2v) is 8.91. The second kappa shape index (κ2) is 7.63. The fraction of sp³-hybridized carbons (Fsp3) is 0.769. The first kappa shape index (κ1) is 18.2. The summed E-state index contributed by atoms with van der Waals surface area (Å²) in [5.74, 6) is 0.589. The Hall–Kier alpha value is -1.13. The molecule has 1 saturated heterocycles. The molecule has 2 heterocycles. The van der Waals surface area contributed by atoms with Gasteiger partial charge in [-0.1, -0.05) is 18.7 Å². The summed E-state index contributed by atoms with van der Waals surface area (Å²) in [5, 5.41) is 11.0. The minimum atomic E-state index is -2.99. The lowest BCUT2D eigenvalue weighted by atomic mass is 10.2. The molecular weight excluding hydrogens is 340 g/mol. The van der Waals surface area contributed by atoms with Gasteiger partial charge in [0.1, 0.15) is 0 Å². The van der Waals surface area contributed by atoms with E-state index in [1.165, 1.54) is 0 Å². The quantitative estimate of drug-likeness (QED) is 0.698. The molecule has 23 heavy (non-hydrogen) atoms. The zero-order valence-electron chi connectivity index (χ0n) is 13.5. The standard InChI is InChI=1S/C13H22N4O4S2/c1-4-10(17(2)3)12-15-16-13(21-12)22-7-11(18)14-9-5-6-23(19,20)8-9/h9-10H,4-8H2,1-3H3,(H,14,18)/t9-,10+/m0/s1. The Kier molecular flexibility index (Phi) is 6.04. The first-order valence-corrected chi connectivity index (χ1v) is 10.2. The van der Waals surface area contributed by atoms with Gasteiger partial charge < -0.3 is 9.73 Å². The summed E-state index contributed by atoms with van der Waals surface area (Å²) in [7, 11) is 0.885. The summed E-state index contributed by atoms with van der Waals surface area (Å²) in [6, 6.07) is -0.237. The van der Waals surface area contributed by atoms with Gasteiger partial charge in [0.05, 0.1) is 23.3 Å². The van der Waals surface area contributed by atoms with E-state index in [2.05, 4.69) is 15.5 Å². The van der Waals surface area contributed by atoms with Gasteiger partial charge in [0.2, 0.25) is 11.8 Å². The van der Waals surface area contributed by atoms with E-state index in [4.69, 9.17) is 4.42 Å². The van der Waals surface area contributed by atoms with Crippen LogP contribution in [0.5, 0.6) is 0 Å². The summed E-state index contributed by atoms with van der Waals surface area (Å²) < 4.78 is 28.3. The number of nitrogens with one attached hydrogen (secondary N) is 1. The Morgan fingerprint density at radius 3 is 2.78 bits per heavy atom. The Morgan fingerprint density at radius 2 is 2.22 bits per heavy atom. The molecule has 1 aliphatic rings. The van der Waals surface area contributed by atoms with Gasteiger partial charge in [-0.15, -0.1) is 10.2 Å². The van der Waals surface area contributed by atoms with Crippen LogP contribution in [0.15, 0.2) is 9.64 Å². The smallest absolute Gasteiger partial charge is 0.277 e. The molecule has 1 aliphatic heterocycles. The van der Waals surface area contributed by atoms with Crippen LogP contribution >= 0.6 is 11.8 Å². The van der Waals surface area contributed by atoms with E-state index in [9.17, 15) is 13.2 Å². The molecule has 0 spiro atoms. The lowest BCUT2D eigenvalue weighted by Crippen LogP contribution is -2.36. The van der Waals surface area contributed by atoms with Crippen molar-refractivity contribution < 1.29 is 17.6 Å². The van der Waals surface area contributed by atoms with Gasteiger partial charge >= 0.3 is 0 Å². The predicted octanol–water partition coefficient (Wildman–Crippen LogP) is 0.478. The van der Waals surface area contributed by atoms with E-state index < -0.39 is 9.84 Å². The monoisotopic (exact) mass is 362 g/mol. The van der Waals surface area contributed by atoms with Crippen LogP contribution in [0, 0.1) is 0 Å². The number of aromatic nitrogens is 2. The molecule has 1 amide bonds. The number of rotatable bonds is 7. The summed E-state index contributed by atoms with van der Waals surface area (Å²) >= 11 is 1.15. The highest BCUT2D eigenvalue weighted by Crippen LogP contribution is 2.24. The molecule has 0 aliphatic carbocycles. The Bertz CT molecular complexity index is 644. The maximum atomic E-state index is 11.9. The van der Waals surface area contributed by atoms with Crippen molar-refractivity contribution in [3.05, 3.63) is 5.89 Å². The molecule has 0 aromatic carbocycles. The number of hydrogen-bond donors (Lipinski definition) is 1. The molecule has 2 rings (SSSR count). The molecule has 0 bridgehead atoms. The molecule has 130 valence electrons. The van der Waals surface area contributed by atoms with Crippen molar-refractivity contribution in [2.45, 2.75) is 37.1 Å². The van der Waals surface area contributed by atoms with Crippen LogP contribution in [0.1, 0.15) is 31.7 Å². The van der Waals surface area contributed by atoms with Gasteiger partial charge in [0, 0.05) is 6.04 Å². The number of amides is 1. The molecule has 0 unspecified atom stereocenters. The van der Waals surface area contributed by atoms with Crippen LogP contribution in [0.4, 0.5) is 0 Å². The summed E-state index contributed by atoms with van der Waals surface area (Å²) in [5.41, 5.74) is 0. The van der Waals surface area contributed by atoms with Crippen molar-refractivity contribution >= 4 is 27.5 Å². The second-order valence-electron chi connectivity index (χ2n) is 5.75. The lowest BCUT2D eigenvalue weighted by molar-refractivity contribution is -0.119. The van der Waals surface area contributed by atoms with E-state index >= 15 is 0 Å². The molecule has 0 saturated carbocycles. The Morgan fingerprint density at radius 1 is 1.48 bits per heavy atom. The van der Waals surface area contributed by atoms with E-state index in [0.29, 0.717) is 17.5 Å². The highest BCUT2D eigenvalue weighted by molar-refractivity contribution is 7.99. The van der Waals surface area contributed by atoms with Gasteiger partial charge in [0.15, 0.2) is 9.84 Å². The van der Waals surface area contributed by atoms with Crippen molar-refractivity contribution in [3.8, 4) is 0 Å². The van der Waals surface area contributed by atoms with Gasteiger partial charge in [-0.2, -0.15) is 0 Å². The zero-order valence-corrected chi connectivity index (χ0v) is 15.1. The minimum absolute atomic E-state index is 0.0229. The Balaban J connectivity index is 1.82. The largest absolute Gasteiger partial charge is 0.414 e. The van der Waals surface area contributed by atoms with Crippen LogP contribution < -0.4 is 5.32 Å². The minimum Gasteiger partial charge on any atom is -0.414 e. The fourth-order valence-corrected chi connectivity index (χ4v) is 4.73. The molecule has 1 aromatic rings. The SMILES string of the molecule is CC[C@H](c1nnc(SCC(=O)N[C@H]2CCS(=O)(=O)C2)o1)N(C)C. The van der Waals surface area contributed by atoms with E-state index in [-0.39, 0.29) is 35.2 Å². The number of nitrogens with zero attached hydrogens (tertiary/aromatic N) is 3. The number of carbonyl (C=O) groups is 1. The molecule has 1 aromatic heterocycles. The van der Waals surface area contributed by atoms with Gasteiger partial charge in [-0.05, 0) is 26.9 Å². The third kappa shape index (κ3) is 5.18. The molecule has 0 radical (unpaired) electrons. The van der Waals surface area contributed by atoms with Crippen LogP contribution in [0.2, 0.25) is 0 Å². The molecule has 8 nitrogen and oxygen atoms in total. The topological polar surface area (TPSA) is 105 Å². The summed E-state index contributed by atoms with van der Waals surface area (Å²) in [4.78, 5) is 13.9. The van der Waals surface area contributed by atoms with Crippen molar-refractivity contribution in [2.24, 2.45) is 0 Å². The average molecular weight is 362 g/mol. The third-order valence-electron chi connectivity index (χ3n) is 3.64. The predicted molar refractivity (Wildman–Crippen MR) is 86.9 cm³/mol. The van der Waals surface area contributed by atoms with E-state index in [1.807, 2.05) is 25.9 Å². The van der Waals surface area contributed by atoms with Crippen molar-refractivity contribution in [1.29, 1.82) is 0 Å². The average Bonchev–Trinajstić information content (AvgIpc) is 3.04. The van der Waals surface area contributed by atoms with E-state index in [1.54, 1.807) is 0 Å². The van der Waals surface area contributed by atoms with Crippen LogP contribution in [0.25, 0.3) is 0 Å². The summed E-state index contributed by atoms with van der Waals surface area (Å²) in [6.45, 7) is 2.03. The molecule has 1 N–H and O–H groups in total. The molecule has 1 fully saturated rings. The maximum absolute atomic E-state index is 11.9. The Labute approximate surface area is 140 Å². The lowest BCUT2D eigenvalue weighted by Gasteiger charge is -2.18. The van der Waals surface area contributed by atoms with Crippen molar-refractivity contribution in [3.63, 3.8) is 0 Å². The van der Waals surface area contributed by atoms with Gasteiger partial charge in [-0.3, -0.25) is 9.69 Å². The highest BCUT2D eigenvalue weighted by atomic mass is 32.2. The number of hydrogen-bond acceptors (Lipinski definition) is 8. The summed E-state index contributed by atoms with van der Waals surface area (Å²) in [6.07, 6.45) is 1.32. The first-order valence-electron chi connectivity index (χ1n) is 7.43. The third-order valence-corrected chi connectivity index (χ3v) is 6.23. The molecule has 10 heteroatoms.